The maximum atomic E-state index is 12.3. The molecule has 2 aliphatic heterocycles. The normalized spacial score (nSPS) is 27.9. The monoisotopic (exact) mass is 286 g/mol. The van der Waals surface area contributed by atoms with Crippen LogP contribution in [-0.4, -0.2) is 18.0 Å². The van der Waals surface area contributed by atoms with Gasteiger partial charge in [-0.1, -0.05) is 26.0 Å². The average molecular weight is 286 g/mol. The van der Waals surface area contributed by atoms with Crippen molar-refractivity contribution in [3.63, 3.8) is 0 Å². The van der Waals surface area contributed by atoms with E-state index in [4.69, 9.17) is 0 Å². The highest BCUT2D eigenvalue weighted by Gasteiger charge is 2.34. The summed E-state index contributed by atoms with van der Waals surface area (Å²) < 4.78 is 0. The Kier molecular flexibility index (Phi) is 4.29. The minimum Gasteiger partial charge on any atom is -0.326 e. The molecular formula is C18H26N2O. The molecule has 3 nitrogen and oxygen atoms in total. The number of carbonyl (C=O) groups excluding carboxylic acids is 1. The van der Waals surface area contributed by atoms with Gasteiger partial charge in [-0.3, -0.25) is 4.79 Å². The predicted molar refractivity (Wildman–Crippen MR) is 86.4 cm³/mol. The van der Waals surface area contributed by atoms with Gasteiger partial charge in [-0.15, -0.1) is 0 Å². The van der Waals surface area contributed by atoms with Crippen molar-refractivity contribution in [2.24, 2.45) is 5.92 Å². The van der Waals surface area contributed by atoms with Gasteiger partial charge in [-0.2, -0.15) is 0 Å². The van der Waals surface area contributed by atoms with Crippen molar-refractivity contribution < 1.29 is 4.79 Å². The summed E-state index contributed by atoms with van der Waals surface area (Å²) in [6.45, 7) is 4.34. The first kappa shape index (κ1) is 14.6. The van der Waals surface area contributed by atoms with E-state index in [0.717, 1.165) is 18.5 Å². The van der Waals surface area contributed by atoms with Crippen molar-refractivity contribution in [1.29, 1.82) is 0 Å². The average Bonchev–Trinajstić information content (AvgIpc) is 2.78. The van der Waals surface area contributed by atoms with Crippen molar-refractivity contribution in [2.75, 3.05) is 5.32 Å². The highest BCUT2D eigenvalue weighted by molar-refractivity contribution is 5.90. The van der Waals surface area contributed by atoms with Crippen LogP contribution < -0.4 is 10.6 Å². The van der Waals surface area contributed by atoms with E-state index in [1.165, 1.54) is 18.4 Å². The Bertz CT molecular complexity index is 500. The van der Waals surface area contributed by atoms with E-state index in [9.17, 15) is 4.79 Å². The number of fused-ring (bicyclic) bond motifs is 2. The summed E-state index contributed by atoms with van der Waals surface area (Å²) in [6, 6.07) is 9.53. The van der Waals surface area contributed by atoms with Crippen LogP contribution in [0.3, 0.4) is 0 Å². The van der Waals surface area contributed by atoms with Crippen LogP contribution in [0.4, 0.5) is 5.69 Å². The van der Waals surface area contributed by atoms with Gasteiger partial charge >= 0.3 is 0 Å². The molecule has 0 radical (unpaired) electrons. The molecule has 0 aromatic heterocycles. The zero-order chi connectivity index (χ0) is 14.8. The van der Waals surface area contributed by atoms with Crippen molar-refractivity contribution in [1.82, 2.24) is 5.32 Å². The van der Waals surface area contributed by atoms with Crippen molar-refractivity contribution in [3.8, 4) is 0 Å². The van der Waals surface area contributed by atoms with E-state index in [0.29, 0.717) is 30.3 Å². The van der Waals surface area contributed by atoms with Crippen molar-refractivity contribution >= 4 is 11.6 Å². The maximum absolute atomic E-state index is 12.3. The number of piperidine rings is 1. The molecule has 3 rings (SSSR count). The summed E-state index contributed by atoms with van der Waals surface area (Å²) in [5, 5.41) is 6.71. The standard InChI is InChI=1S/C18H26N2O/c1-12(2)14-4-3-5-15(11-14)20-18(21)10-13-8-16-6-7-17(9-13)19-16/h3-5,11-13,16-17,19H,6-10H2,1-2H3,(H,20,21). The lowest BCUT2D eigenvalue weighted by Crippen LogP contribution is -2.39. The zero-order valence-electron chi connectivity index (χ0n) is 13.1. The fourth-order valence-corrected chi connectivity index (χ4v) is 3.79. The first-order valence-electron chi connectivity index (χ1n) is 8.26. The summed E-state index contributed by atoms with van der Waals surface area (Å²) in [4.78, 5) is 12.3. The molecule has 2 bridgehead atoms. The number of rotatable bonds is 4. The third-order valence-corrected chi connectivity index (χ3v) is 4.88. The Labute approximate surface area is 127 Å². The van der Waals surface area contributed by atoms with Crippen LogP contribution in [0.5, 0.6) is 0 Å². The number of hydrogen-bond donors (Lipinski definition) is 2. The highest BCUT2D eigenvalue weighted by atomic mass is 16.1. The Hall–Kier alpha value is -1.35. The molecule has 0 spiro atoms. The summed E-state index contributed by atoms with van der Waals surface area (Å²) >= 11 is 0. The number of amides is 1. The molecule has 114 valence electrons. The van der Waals surface area contributed by atoms with E-state index < -0.39 is 0 Å². The third kappa shape index (κ3) is 3.65. The topological polar surface area (TPSA) is 41.1 Å². The lowest BCUT2D eigenvalue weighted by Gasteiger charge is -2.28. The third-order valence-electron chi connectivity index (χ3n) is 4.88. The second-order valence-electron chi connectivity index (χ2n) is 7.01. The Balaban J connectivity index is 1.55. The predicted octanol–water partition coefficient (Wildman–Crippen LogP) is 3.67. The Morgan fingerprint density at radius 1 is 1.29 bits per heavy atom. The van der Waals surface area contributed by atoms with Crippen LogP contribution in [0.15, 0.2) is 24.3 Å². The number of nitrogens with one attached hydrogen (secondary N) is 2. The lowest BCUT2D eigenvalue weighted by atomic mass is 9.89. The number of carbonyl (C=O) groups is 1. The molecule has 1 aromatic rings. The van der Waals surface area contributed by atoms with Crippen LogP contribution in [0, 0.1) is 5.92 Å². The quantitative estimate of drug-likeness (QED) is 0.886. The van der Waals surface area contributed by atoms with Gasteiger partial charge in [-0.05, 0) is 55.2 Å². The molecule has 2 N–H and O–H groups in total. The van der Waals surface area contributed by atoms with Gasteiger partial charge in [0.1, 0.15) is 0 Å². The van der Waals surface area contributed by atoms with Crippen molar-refractivity contribution in [2.45, 2.75) is 64.0 Å². The molecule has 0 aliphatic carbocycles. The summed E-state index contributed by atoms with van der Waals surface area (Å²) in [5.74, 6) is 1.21. The Morgan fingerprint density at radius 2 is 2.00 bits per heavy atom. The van der Waals surface area contributed by atoms with Gasteiger partial charge in [0.15, 0.2) is 0 Å². The SMILES string of the molecule is CC(C)c1cccc(NC(=O)CC2CC3CCC(C2)N3)c1. The van der Waals surface area contributed by atoms with Crippen LogP contribution in [0.2, 0.25) is 0 Å². The van der Waals surface area contributed by atoms with E-state index in [-0.39, 0.29) is 5.91 Å². The number of anilines is 1. The van der Waals surface area contributed by atoms with E-state index in [2.05, 4.69) is 36.6 Å². The lowest BCUT2D eigenvalue weighted by molar-refractivity contribution is -0.117. The molecule has 2 fully saturated rings. The van der Waals surface area contributed by atoms with Gasteiger partial charge in [0.25, 0.3) is 0 Å². The summed E-state index contributed by atoms with van der Waals surface area (Å²) in [5.41, 5.74) is 2.20. The molecule has 21 heavy (non-hydrogen) atoms. The molecule has 1 aromatic carbocycles. The summed E-state index contributed by atoms with van der Waals surface area (Å²) in [6.07, 6.45) is 5.57. The van der Waals surface area contributed by atoms with E-state index >= 15 is 0 Å². The smallest absolute Gasteiger partial charge is 0.224 e. The highest BCUT2D eigenvalue weighted by Crippen LogP contribution is 2.32. The molecule has 3 heteroatoms. The fraction of sp³-hybridized carbons (Fsp3) is 0.611. The number of benzene rings is 1. The first-order chi connectivity index (χ1) is 10.1. The maximum Gasteiger partial charge on any atom is 0.224 e. The van der Waals surface area contributed by atoms with E-state index in [1.807, 2.05) is 12.1 Å². The van der Waals surface area contributed by atoms with Crippen LogP contribution in [0.1, 0.15) is 57.4 Å². The molecule has 1 amide bonds. The zero-order valence-corrected chi connectivity index (χ0v) is 13.1. The molecular weight excluding hydrogens is 260 g/mol. The van der Waals surface area contributed by atoms with Gasteiger partial charge in [0.2, 0.25) is 5.91 Å². The fourth-order valence-electron chi connectivity index (χ4n) is 3.79. The Morgan fingerprint density at radius 3 is 2.67 bits per heavy atom. The van der Waals surface area contributed by atoms with Crippen LogP contribution >= 0.6 is 0 Å². The molecule has 2 aliphatic rings. The minimum atomic E-state index is 0.169. The van der Waals surface area contributed by atoms with E-state index in [1.54, 1.807) is 0 Å². The second-order valence-corrected chi connectivity index (χ2v) is 7.01. The molecule has 2 saturated heterocycles. The summed E-state index contributed by atoms with van der Waals surface area (Å²) in [7, 11) is 0. The van der Waals surface area contributed by atoms with Gasteiger partial charge in [-0.25, -0.2) is 0 Å². The van der Waals surface area contributed by atoms with Gasteiger partial charge in [0.05, 0.1) is 0 Å². The number of hydrogen-bond acceptors (Lipinski definition) is 2. The molecule has 2 heterocycles. The molecule has 2 atom stereocenters. The van der Waals surface area contributed by atoms with Crippen LogP contribution in [-0.2, 0) is 4.79 Å². The van der Waals surface area contributed by atoms with Crippen molar-refractivity contribution in [3.05, 3.63) is 29.8 Å². The molecule has 2 unspecified atom stereocenters. The molecule has 0 saturated carbocycles. The second kappa shape index (κ2) is 6.18. The minimum absolute atomic E-state index is 0.169. The first-order valence-corrected chi connectivity index (χ1v) is 8.26. The van der Waals surface area contributed by atoms with Gasteiger partial charge < -0.3 is 10.6 Å². The largest absolute Gasteiger partial charge is 0.326 e. The van der Waals surface area contributed by atoms with Crippen LogP contribution in [0.25, 0.3) is 0 Å². The van der Waals surface area contributed by atoms with Gasteiger partial charge in [0, 0.05) is 24.2 Å².